The topological polar surface area (TPSA) is 84.3 Å². The lowest BCUT2D eigenvalue weighted by Gasteiger charge is -2.29. The SMILES string of the molecule is O=[N+]([O-])c1ccc2[nH]c(-c3cc(N4CCOCC4)cc(C(F)(F)F)c3)nc2c1. The maximum absolute atomic E-state index is 13.4. The average Bonchev–Trinajstić information content (AvgIpc) is 3.11. The molecule has 1 saturated heterocycles. The quantitative estimate of drug-likeness (QED) is 0.538. The van der Waals surface area contributed by atoms with Gasteiger partial charge in [-0.1, -0.05) is 0 Å². The van der Waals surface area contributed by atoms with Crippen LogP contribution in [0.5, 0.6) is 0 Å². The molecule has 2 heterocycles. The van der Waals surface area contributed by atoms with Gasteiger partial charge < -0.3 is 14.6 Å². The number of rotatable bonds is 3. The van der Waals surface area contributed by atoms with Gasteiger partial charge in [-0.2, -0.15) is 13.2 Å². The number of anilines is 1. The van der Waals surface area contributed by atoms with Crippen LogP contribution < -0.4 is 4.90 Å². The number of nitrogens with one attached hydrogen (secondary N) is 1. The maximum atomic E-state index is 13.4. The second kappa shape index (κ2) is 6.79. The van der Waals surface area contributed by atoms with Gasteiger partial charge in [0, 0.05) is 36.5 Å². The average molecular weight is 392 g/mol. The van der Waals surface area contributed by atoms with E-state index in [9.17, 15) is 23.3 Å². The van der Waals surface area contributed by atoms with Crippen molar-refractivity contribution in [3.8, 4) is 11.4 Å². The number of benzene rings is 2. The lowest BCUT2D eigenvalue weighted by Crippen LogP contribution is -2.36. The number of ether oxygens (including phenoxy) is 1. The first kappa shape index (κ1) is 18.2. The first-order valence-corrected chi connectivity index (χ1v) is 8.51. The zero-order chi connectivity index (χ0) is 19.9. The van der Waals surface area contributed by atoms with Crippen LogP contribution in [0.3, 0.4) is 0 Å². The summed E-state index contributed by atoms with van der Waals surface area (Å²) in [6.45, 7) is 1.87. The van der Waals surface area contributed by atoms with E-state index in [2.05, 4.69) is 9.97 Å². The van der Waals surface area contributed by atoms with Gasteiger partial charge in [0.05, 0.1) is 34.7 Å². The fourth-order valence-corrected chi connectivity index (χ4v) is 3.16. The normalized spacial score (nSPS) is 15.2. The van der Waals surface area contributed by atoms with Gasteiger partial charge in [-0.05, 0) is 24.3 Å². The number of nitrogens with zero attached hydrogens (tertiary/aromatic N) is 3. The molecule has 10 heteroatoms. The smallest absolute Gasteiger partial charge is 0.378 e. The van der Waals surface area contributed by atoms with E-state index < -0.39 is 16.7 Å². The van der Waals surface area contributed by atoms with Crippen LogP contribution in [0.25, 0.3) is 22.4 Å². The minimum Gasteiger partial charge on any atom is -0.378 e. The predicted molar refractivity (Wildman–Crippen MR) is 96.2 cm³/mol. The maximum Gasteiger partial charge on any atom is 0.416 e. The number of hydrogen-bond acceptors (Lipinski definition) is 5. The van der Waals surface area contributed by atoms with Crippen molar-refractivity contribution >= 4 is 22.4 Å². The Labute approximate surface area is 156 Å². The first-order chi connectivity index (χ1) is 13.3. The number of hydrogen-bond donors (Lipinski definition) is 1. The van der Waals surface area contributed by atoms with Crippen LogP contribution in [0.2, 0.25) is 0 Å². The Morgan fingerprint density at radius 2 is 1.89 bits per heavy atom. The summed E-state index contributed by atoms with van der Waals surface area (Å²) >= 11 is 0. The number of alkyl halides is 3. The fraction of sp³-hybridized carbons (Fsp3) is 0.278. The summed E-state index contributed by atoms with van der Waals surface area (Å²) in [4.78, 5) is 19.4. The molecule has 1 fully saturated rings. The highest BCUT2D eigenvalue weighted by molar-refractivity contribution is 5.82. The fourth-order valence-electron chi connectivity index (χ4n) is 3.16. The Morgan fingerprint density at radius 1 is 1.14 bits per heavy atom. The molecule has 0 spiro atoms. The molecule has 7 nitrogen and oxygen atoms in total. The molecule has 28 heavy (non-hydrogen) atoms. The molecule has 0 radical (unpaired) electrons. The summed E-state index contributed by atoms with van der Waals surface area (Å²) in [5.74, 6) is 0.219. The van der Waals surface area contributed by atoms with Gasteiger partial charge >= 0.3 is 6.18 Å². The Kier molecular flexibility index (Phi) is 4.42. The number of fused-ring (bicyclic) bond motifs is 1. The molecule has 0 saturated carbocycles. The summed E-state index contributed by atoms with van der Waals surface area (Å²) in [7, 11) is 0. The molecule has 146 valence electrons. The molecule has 1 aromatic heterocycles. The number of nitro groups is 1. The number of imidazole rings is 1. The molecular formula is C18H15F3N4O3. The highest BCUT2D eigenvalue weighted by Gasteiger charge is 2.32. The summed E-state index contributed by atoms with van der Waals surface area (Å²) in [5, 5.41) is 10.9. The van der Waals surface area contributed by atoms with Crippen molar-refractivity contribution in [1.29, 1.82) is 0 Å². The van der Waals surface area contributed by atoms with Crippen molar-refractivity contribution in [3.05, 3.63) is 52.1 Å². The molecule has 1 N–H and O–H groups in total. The minimum atomic E-state index is -4.51. The predicted octanol–water partition coefficient (Wildman–Crippen LogP) is 3.99. The summed E-state index contributed by atoms with van der Waals surface area (Å²) in [5.41, 5.74) is 0.594. The van der Waals surface area contributed by atoms with Crippen LogP contribution in [-0.2, 0) is 10.9 Å². The molecule has 0 bridgehead atoms. The molecule has 1 aliphatic heterocycles. The number of nitro benzene ring substituents is 1. The highest BCUT2D eigenvalue weighted by atomic mass is 19.4. The molecule has 0 aliphatic carbocycles. The zero-order valence-electron chi connectivity index (χ0n) is 14.5. The third-order valence-corrected chi connectivity index (χ3v) is 4.57. The van der Waals surface area contributed by atoms with Gasteiger partial charge in [-0.25, -0.2) is 4.98 Å². The molecule has 3 aromatic rings. The van der Waals surface area contributed by atoms with E-state index in [1.54, 1.807) is 6.07 Å². The van der Waals surface area contributed by atoms with E-state index in [0.717, 1.165) is 12.1 Å². The Hall–Kier alpha value is -3.14. The summed E-state index contributed by atoms with van der Waals surface area (Å²) < 4.78 is 45.6. The van der Waals surface area contributed by atoms with Crippen molar-refractivity contribution in [1.82, 2.24) is 9.97 Å². The molecule has 0 atom stereocenters. The van der Waals surface area contributed by atoms with E-state index in [0.29, 0.717) is 43.0 Å². The van der Waals surface area contributed by atoms with Crippen LogP contribution in [0.4, 0.5) is 24.5 Å². The number of halogens is 3. The number of non-ortho nitro benzene ring substituents is 1. The van der Waals surface area contributed by atoms with Crippen LogP contribution in [0.1, 0.15) is 5.56 Å². The molecule has 0 amide bonds. The van der Waals surface area contributed by atoms with Crippen molar-refractivity contribution < 1.29 is 22.8 Å². The van der Waals surface area contributed by atoms with Gasteiger partial charge in [0.1, 0.15) is 5.82 Å². The minimum absolute atomic E-state index is 0.136. The standard InChI is InChI=1S/C18H15F3N4O3/c19-18(20,21)12-7-11(8-14(9-12)24-3-5-28-6-4-24)17-22-15-2-1-13(25(26)27)10-16(15)23-17/h1-2,7-10H,3-6H2,(H,22,23). The lowest BCUT2D eigenvalue weighted by molar-refractivity contribution is -0.384. The Balaban J connectivity index is 1.81. The molecule has 2 aromatic carbocycles. The monoisotopic (exact) mass is 392 g/mol. The Morgan fingerprint density at radius 3 is 2.57 bits per heavy atom. The van der Waals surface area contributed by atoms with E-state index >= 15 is 0 Å². The van der Waals surface area contributed by atoms with Crippen LogP contribution in [0.15, 0.2) is 36.4 Å². The van der Waals surface area contributed by atoms with Crippen LogP contribution in [-0.4, -0.2) is 41.2 Å². The van der Waals surface area contributed by atoms with Gasteiger partial charge in [0.15, 0.2) is 0 Å². The third-order valence-electron chi connectivity index (χ3n) is 4.57. The number of morpholine rings is 1. The second-order valence-corrected chi connectivity index (χ2v) is 6.41. The van der Waals surface area contributed by atoms with Crippen molar-refractivity contribution in [2.24, 2.45) is 0 Å². The number of aromatic amines is 1. The van der Waals surface area contributed by atoms with E-state index in [4.69, 9.17) is 4.74 Å². The van der Waals surface area contributed by atoms with Gasteiger partial charge in [-0.15, -0.1) is 0 Å². The van der Waals surface area contributed by atoms with Crippen molar-refractivity contribution in [3.63, 3.8) is 0 Å². The zero-order valence-corrected chi connectivity index (χ0v) is 14.5. The van der Waals surface area contributed by atoms with Crippen LogP contribution >= 0.6 is 0 Å². The van der Waals surface area contributed by atoms with Crippen molar-refractivity contribution in [2.45, 2.75) is 6.18 Å². The van der Waals surface area contributed by atoms with Gasteiger partial charge in [0.2, 0.25) is 0 Å². The summed E-state index contributed by atoms with van der Waals surface area (Å²) in [6.07, 6.45) is -4.51. The van der Waals surface area contributed by atoms with Crippen LogP contribution in [0, 0.1) is 10.1 Å². The second-order valence-electron chi connectivity index (χ2n) is 6.41. The lowest BCUT2D eigenvalue weighted by atomic mass is 10.1. The van der Waals surface area contributed by atoms with Gasteiger partial charge in [-0.3, -0.25) is 10.1 Å². The molecule has 0 unspecified atom stereocenters. The van der Waals surface area contributed by atoms with Crippen molar-refractivity contribution in [2.75, 3.05) is 31.2 Å². The molecular weight excluding hydrogens is 377 g/mol. The first-order valence-electron chi connectivity index (χ1n) is 8.51. The molecule has 4 rings (SSSR count). The number of aromatic nitrogens is 2. The highest BCUT2D eigenvalue weighted by Crippen LogP contribution is 2.36. The third kappa shape index (κ3) is 3.50. The van der Waals surface area contributed by atoms with E-state index in [-0.39, 0.29) is 17.1 Å². The largest absolute Gasteiger partial charge is 0.416 e. The summed E-state index contributed by atoms with van der Waals surface area (Å²) in [6, 6.07) is 7.85. The molecule has 1 aliphatic rings. The number of H-pyrrole nitrogens is 1. The van der Waals surface area contributed by atoms with E-state index in [1.165, 1.54) is 18.2 Å². The van der Waals surface area contributed by atoms with E-state index in [1.807, 2.05) is 4.90 Å². The van der Waals surface area contributed by atoms with Gasteiger partial charge in [0.25, 0.3) is 5.69 Å². The Bertz CT molecular complexity index is 1040.